The topological polar surface area (TPSA) is 86.1 Å². The number of aliphatic hydroxyl groups is 1. The van der Waals surface area contributed by atoms with E-state index in [1.54, 1.807) is 13.3 Å². The minimum Gasteiger partial charge on any atom is -0.497 e. The molecular formula is C26H31N3O4. The summed E-state index contributed by atoms with van der Waals surface area (Å²) in [6.07, 6.45) is 2.14. The number of rotatable bonds is 8. The highest BCUT2D eigenvalue weighted by Gasteiger charge is 2.26. The van der Waals surface area contributed by atoms with E-state index < -0.39 is 12.2 Å². The number of piperidine rings is 1. The van der Waals surface area contributed by atoms with Crippen LogP contribution in [0.2, 0.25) is 0 Å². The molecule has 1 saturated heterocycles. The summed E-state index contributed by atoms with van der Waals surface area (Å²) in [5.74, 6) is 0.967. The van der Waals surface area contributed by atoms with Gasteiger partial charge in [0.1, 0.15) is 5.75 Å². The van der Waals surface area contributed by atoms with Crippen LogP contribution in [0, 0.1) is 5.92 Å². The van der Waals surface area contributed by atoms with Crippen LogP contribution >= 0.6 is 0 Å². The van der Waals surface area contributed by atoms with Gasteiger partial charge in [-0.3, -0.25) is 4.98 Å². The van der Waals surface area contributed by atoms with Gasteiger partial charge in [0.25, 0.3) is 0 Å². The minimum absolute atomic E-state index is 0.236. The number of carboxylic acid groups (broad SMARTS) is 1. The van der Waals surface area contributed by atoms with Crippen LogP contribution in [0.15, 0.2) is 60.8 Å². The van der Waals surface area contributed by atoms with Crippen molar-refractivity contribution in [1.82, 2.24) is 14.8 Å². The van der Waals surface area contributed by atoms with E-state index in [-0.39, 0.29) is 5.92 Å². The molecule has 1 amide bonds. The number of carbonyl (C=O) groups is 1. The molecule has 2 atom stereocenters. The van der Waals surface area contributed by atoms with Crippen LogP contribution in [0.4, 0.5) is 4.79 Å². The number of β-amino-alcohol motifs (C(OH)–C–C–N with tert-alkyl or cyclic N) is 1. The Bertz CT molecular complexity index is 1080. The second-order valence-corrected chi connectivity index (χ2v) is 8.72. The third kappa shape index (κ3) is 5.80. The van der Waals surface area contributed by atoms with Gasteiger partial charge in [0.15, 0.2) is 0 Å². The van der Waals surface area contributed by atoms with Crippen molar-refractivity contribution in [3.8, 4) is 5.75 Å². The number of likely N-dealkylation sites (tertiary alicyclic amines) is 1. The van der Waals surface area contributed by atoms with E-state index in [0.717, 1.165) is 53.7 Å². The second kappa shape index (κ2) is 10.6. The van der Waals surface area contributed by atoms with Crippen molar-refractivity contribution in [2.24, 2.45) is 5.92 Å². The zero-order valence-corrected chi connectivity index (χ0v) is 18.9. The number of nitrogens with zero attached hydrogens (tertiary/aromatic N) is 3. The van der Waals surface area contributed by atoms with E-state index >= 15 is 0 Å². The maximum absolute atomic E-state index is 11.9. The lowest BCUT2D eigenvalue weighted by Crippen LogP contribution is -2.43. The Labute approximate surface area is 194 Å². The van der Waals surface area contributed by atoms with Crippen LogP contribution in [0.25, 0.3) is 10.9 Å². The predicted molar refractivity (Wildman–Crippen MR) is 127 cm³/mol. The molecule has 0 aliphatic carbocycles. The maximum Gasteiger partial charge on any atom is 0.407 e. The molecule has 2 heterocycles. The fourth-order valence-corrected chi connectivity index (χ4v) is 4.70. The number of hydrogen-bond acceptors (Lipinski definition) is 5. The van der Waals surface area contributed by atoms with Gasteiger partial charge in [-0.05, 0) is 60.7 Å². The molecule has 7 heteroatoms. The van der Waals surface area contributed by atoms with Gasteiger partial charge in [-0.15, -0.1) is 0 Å². The van der Waals surface area contributed by atoms with Crippen molar-refractivity contribution in [1.29, 1.82) is 0 Å². The fourth-order valence-electron chi connectivity index (χ4n) is 4.70. The molecule has 33 heavy (non-hydrogen) atoms. The summed E-state index contributed by atoms with van der Waals surface area (Å²) in [6.45, 7) is 3.04. The monoisotopic (exact) mass is 449 g/mol. The quantitative estimate of drug-likeness (QED) is 0.537. The zero-order chi connectivity index (χ0) is 23.2. The van der Waals surface area contributed by atoms with Crippen LogP contribution in [0.3, 0.4) is 0 Å². The number of hydrogen-bond donors (Lipinski definition) is 2. The van der Waals surface area contributed by atoms with Crippen molar-refractivity contribution in [2.45, 2.75) is 25.5 Å². The van der Waals surface area contributed by atoms with Crippen LogP contribution in [0.5, 0.6) is 5.75 Å². The number of amides is 1. The summed E-state index contributed by atoms with van der Waals surface area (Å²) >= 11 is 0. The number of ether oxygens (including phenoxy) is 1. The lowest BCUT2D eigenvalue weighted by Gasteiger charge is -2.36. The number of benzene rings is 2. The van der Waals surface area contributed by atoms with Crippen LogP contribution in [-0.2, 0) is 6.54 Å². The van der Waals surface area contributed by atoms with E-state index in [0.29, 0.717) is 19.6 Å². The third-order valence-electron chi connectivity index (χ3n) is 6.34. The first-order valence-corrected chi connectivity index (χ1v) is 11.4. The Hall–Kier alpha value is -3.16. The van der Waals surface area contributed by atoms with Crippen molar-refractivity contribution >= 4 is 17.0 Å². The van der Waals surface area contributed by atoms with Gasteiger partial charge in [0, 0.05) is 37.8 Å². The SMILES string of the molecule is COc1ccc2nccc(C(O)CN3CCCC(CN(Cc4ccccc4)C(=O)O)C3)c2c1. The Morgan fingerprint density at radius 3 is 2.82 bits per heavy atom. The summed E-state index contributed by atoms with van der Waals surface area (Å²) in [4.78, 5) is 20.0. The standard InChI is InChI=1S/C26H31N3O4/c1-33-21-9-10-24-23(14-21)22(11-12-27-24)25(30)18-28-13-5-8-20(15-28)17-29(26(31)32)16-19-6-3-2-4-7-19/h2-4,6-7,9-12,14,20,25,30H,5,8,13,15-18H2,1H3,(H,31,32). The van der Waals surface area contributed by atoms with E-state index in [4.69, 9.17) is 4.74 Å². The maximum atomic E-state index is 11.9. The van der Waals surface area contributed by atoms with Gasteiger partial charge in [-0.25, -0.2) is 4.79 Å². The molecule has 174 valence electrons. The molecule has 4 rings (SSSR count). The average Bonchev–Trinajstić information content (AvgIpc) is 2.83. The van der Waals surface area contributed by atoms with E-state index in [1.807, 2.05) is 54.6 Å². The predicted octanol–water partition coefficient (Wildman–Crippen LogP) is 4.17. The molecule has 0 saturated carbocycles. The van der Waals surface area contributed by atoms with Gasteiger partial charge in [0.2, 0.25) is 0 Å². The smallest absolute Gasteiger partial charge is 0.407 e. The molecular weight excluding hydrogens is 418 g/mol. The van der Waals surface area contributed by atoms with Crippen molar-refractivity contribution in [2.75, 3.05) is 33.3 Å². The number of fused-ring (bicyclic) bond motifs is 1. The van der Waals surface area contributed by atoms with E-state index in [1.165, 1.54) is 4.90 Å². The Kier molecular flexibility index (Phi) is 7.42. The molecule has 2 unspecified atom stereocenters. The van der Waals surface area contributed by atoms with Gasteiger partial charge in [0.05, 0.1) is 18.7 Å². The van der Waals surface area contributed by atoms with Crippen LogP contribution in [0.1, 0.15) is 30.1 Å². The molecule has 3 aromatic rings. The Balaban J connectivity index is 1.41. The highest BCUT2D eigenvalue weighted by Crippen LogP contribution is 2.28. The summed E-state index contributed by atoms with van der Waals surface area (Å²) in [7, 11) is 1.62. The van der Waals surface area contributed by atoms with E-state index in [9.17, 15) is 15.0 Å². The van der Waals surface area contributed by atoms with Gasteiger partial charge >= 0.3 is 6.09 Å². The van der Waals surface area contributed by atoms with Crippen molar-refractivity contribution in [3.05, 3.63) is 71.9 Å². The Morgan fingerprint density at radius 2 is 2.06 bits per heavy atom. The summed E-state index contributed by atoms with van der Waals surface area (Å²) in [5, 5.41) is 21.7. The fraction of sp³-hybridized carbons (Fsp3) is 0.385. The zero-order valence-electron chi connectivity index (χ0n) is 18.9. The molecule has 1 fully saturated rings. The molecule has 1 aromatic heterocycles. The number of aromatic nitrogens is 1. The molecule has 1 aliphatic heterocycles. The summed E-state index contributed by atoms with van der Waals surface area (Å²) < 4.78 is 5.35. The largest absolute Gasteiger partial charge is 0.497 e. The molecule has 0 radical (unpaired) electrons. The first-order valence-electron chi connectivity index (χ1n) is 11.4. The van der Waals surface area contributed by atoms with Crippen LogP contribution in [-0.4, -0.2) is 64.4 Å². The summed E-state index contributed by atoms with van der Waals surface area (Å²) in [6, 6.07) is 17.2. The lowest BCUT2D eigenvalue weighted by molar-refractivity contribution is 0.0712. The van der Waals surface area contributed by atoms with E-state index in [2.05, 4.69) is 9.88 Å². The van der Waals surface area contributed by atoms with Crippen molar-refractivity contribution in [3.63, 3.8) is 0 Å². The Morgan fingerprint density at radius 1 is 1.24 bits per heavy atom. The average molecular weight is 450 g/mol. The van der Waals surface area contributed by atoms with Crippen molar-refractivity contribution < 1.29 is 19.7 Å². The first kappa shape index (κ1) is 23.0. The number of aliphatic hydroxyl groups excluding tert-OH is 1. The van der Waals surface area contributed by atoms with Gasteiger partial charge < -0.3 is 24.7 Å². The minimum atomic E-state index is -0.895. The molecule has 1 aliphatic rings. The lowest BCUT2D eigenvalue weighted by atomic mass is 9.96. The third-order valence-corrected chi connectivity index (χ3v) is 6.34. The first-order chi connectivity index (χ1) is 16.0. The summed E-state index contributed by atoms with van der Waals surface area (Å²) in [5.41, 5.74) is 2.64. The van der Waals surface area contributed by atoms with Gasteiger partial charge in [-0.2, -0.15) is 0 Å². The number of pyridine rings is 1. The highest BCUT2D eigenvalue weighted by atomic mass is 16.5. The molecule has 2 aromatic carbocycles. The second-order valence-electron chi connectivity index (χ2n) is 8.72. The molecule has 0 bridgehead atoms. The number of methoxy groups -OCH3 is 1. The van der Waals surface area contributed by atoms with Crippen LogP contribution < -0.4 is 4.74 Å². The van der Waals surface area contributed by atoms with Gasteiger partial charge in [-0.1, -0.05) is 30.3 Å². The molecule has 2 N–H and O–H groups in total. The highest BCUT2D eigenvalue weighted by molar-refractivity contribution is 5.83. The normalized spacial score (nSPS) is 17.6. The molecule has 0 spiro atoms. The molecule has 7 nitrogen and oxygen atoms in total.